The fraction of sp³-hybridized carbons (Fsp3) is 0.538. The molecule has 2 N–H and O–H groups in total. The van der Waals surface area contributed by atoms with Crippen LogP contribution in [0.4, 0.5) is 0 Å². The third-order valence-electron chi connectivity index (χ3n) is 3.13. The standard InChI is InChI=1S/C13H18O3/c1-8-3-6-11(16-2)10(7-8)13(15)12(14)9-4-5-9/h3,6-7,9,12-15H,4-5H2,1-2H3. The number of ether oxygens (including phenoxy) is 1. The topological polar surface area (TPSA) is 49.7 Å². The van der Waals surface area contributed by atoms with Gasteiger partial charge in [-0.2, -0.15) is 0 Å². The van der Waals surface area contributed by atoms with Gasteiger partial charge < -0.3 is 14.9 Å². The molecule has 16 heavy (non-hydrogen) atoms. The Morgan fingerprint density at radius 3 is 2.56 bits per heavy atom. The van der Waals surface area contributed by atoms with E-state index < -0.39 is 12.2 Å². The molecule has 2 atom stereocenters. The van der Waals surface area contributed by atoms with E-state index in [0.717, 1.165) is 18.4 Å². The molecule has 0 amide bonds. The number of hydrogen-bond donors (Lipinski definition) is 2. The molecule has 1 aliphatic rings. The first kappa shape index (κ1) is 11.4. The van der Waals surface area contributed by atoms with E-state index in [1.807, 2.05) is 25.1 Å². The van der Waals surface area contributed by atoms with Gasteiger partial charge in [-0.05, 0) is 37.8 Å². The third-order valence-corrected chi connectivity index (χ3v) is 3.13. The molecule has 3 heteroatoms. The van der Waals surface area contributed by atoms with Gasteiger partial charge in [-0.15, -0.1) is 0 Å². The Labute approximate surface area is 95.7 Å². The summed E-state index contributed by atoms with van der Waals surface area (Å²) in [6.07, 6.45) is 0.497. The van der Waals surface area contributed by atoms with Crippen molar-refractivity contribution in [3.8, 4) is 5.75 Å². The molecule has 0 saturated heterocycles. The lowest BCUT2D eigenvalue weighted by Gasteiger charge is -2.20. The van der Waals surface area contributed by atoms with Crippen molar-refractivity contribution in [2.45, 2.75) is 32.0 Å². The molecule has 0 spiro atoms. The fourth-order valence-electron chi connectivity index (χ4n) is 1.96. The highest BCUT2D eigenvalue weighted by atomic mass is 16.5. The van der Waals surface area contributed by atoms with Crippen molar-refractivity contribution in [3.05, 3.63) is 29.3 Å². The summed E-state index contributed by atoms with van der Waals surface area (Å²) in [5.74, 6) is 0.887. The molecule has 88 valence electrons. The van der Waals surface area contributed by atoms with E-state index in [0.29, 0.717) is 11.3 Å². The van der Waals surface area contributed by atoms with Gasteiger partial charge in [0.1, 0.15) is 11.9 Å². The number of aliphatic hydroxyl groups excluding tert-OH is 2. The second-order valence-electron chi connectivity index (χ2n) is 4.52. The van der Waals surface area contributed by atoms with Crippen molar-refractivity contribution in [1.29, 1.82) is 0 Å². The van der Waals surface area contributed by atoms with Crippen LogP contribution in [0.1, 0.15) is 30.1 Å². The van der Waals surface area contributed by atoms with E-state index in [9.17, 15) is 10.2 Å². The second-order valence-corrected chi connectivity index (χ2v) is 4.52. The zero-order chi connectivity index (χ0) is 11.7. The Balaban J connectivity index is 2.26. The summed E-state index contributed by atoms with van der Waals surface area (Å²) in [7, 11) is 1.57. The number of methoxy groups -OCH3 is 1. The normalized spacial score (nSPS) is 19.2. The molecule has 0 aromatic heterocycles. The Hall–Kier alpha value is -1.06. The Bertz CT molecular complexity index is 371. The van der Waals surface area contributed by atoms with Gasteiger partial charge in [0.25, 0.3) is 0 Å². The number of benzene rings is 1. The van der Waals surface area contributed by atoms with Gasteiger partial charge in [-0.3, -0.25) is 0 Å². The second kappa shape index (κ2) is 4.44. The molecule has 1 saturated carbocycles. The summed E-state index contributed by atoms with van der Waals surface area (Å²) >= 11 is 0. The van der Waals surface area contributed by atoms with Gasteiger partial charge in [0.15, 0.2) is 0 Å². The van der Waals surface area contributed by atoms with Crippen LogP contribution in [-0.2, 0) is 0 Å². The predicted octanol–water partition coefficient (Wildman–Crippen LogP) is 1.81. The number of hydrogen-bond acceptors (Lipinski definition) is 3. The van der Waals surface area contributed by atoms with Crippen LogP contribution in [0.25, 0.3) is 0 Å². The maximum absolute atomic E-state index is 10.1. The van der Waals surface area contributed by atoms with Gasteiger partial charge in [0.2, 0.25) is 0 Å². The molecule has 1 fully saturated rings. The van der Waals surface area contributed by atoms with Crippen LogP contribution < -0.4 is 4.74 Å². The first-order valence-corrected chi connectivity index (χ1v) is 5.64. The third kappa shape index (κ3) is 2.20. The molecule has 0 aliphatic heterocycles. The zero-order valence-corrected chi connectivity index (χ0v) is 9.68. The van der Waals surface area contributed by atoms with Crippen molar-refractivity contribution in [1.82, 2.24) is 0 Å². The van der Waals surface area contributed by atoms with Gasteiger partial charge in [0.05, 0.1) is 13.2 Å². The van der Waals surface area contributed by atoms with Gasteiger partial charge in [-0.25, -0.2) is 0 Å². The predicted molar refractivity (Wildman–Crippen MR) is 61.4 cm³/mol. The monoisotopic (exact) mass is 222 g/mol. The highest BCUT2D eigenvalue weighted by molar-refractivity contribution is 5.39. The van der Waals surface area contributed by atoms with Crippen LogP contribution >= 0.6 is 0 Å². The van der Waals surface area contributed by atoms with E-state index in [1.54, 1.807) is 7.11 Å². The molecular weight excluding hydrogens is 204 g/mol. The Kier molecular flexibility index (Phi) is 3.17. The lowest BCUT2D eigenvalue weighted by atomic mass is 9.98. The van der Waals surface area contributed by atoms with Gasteiger partial charge in [-0.1, -0.05) is 11.6 Å². The highest BCUT2D eigenvalue weighted by Gasteiger charge is 2.36. The molecule has 2 rings (SSSR count). The molecule has 3 nitrogen and oxygen atoms in total. The van der Waals surface area contributed by atoms with Crippen LogP contribution in [0, 0.1) is 12.8 Å². The quantitative estimate of drug-likeness (QED) is 0.816. The van der Waals surface area contributed by atoms with Crippen molar-refractivity contribution >= 4 is 0 Å². The van der Waals surface area contributed by atoms with Crippen molar-refractivity contribution in [2.75, 3.05) is 7.11 Å². The first-order chi connectivity index (χ1) is 7.63. The highest BCUT2D eigenvalue weighted by Crippen LogP contribution is 2.40. The molecular formula is C13H18O3. The van der Waals surface area contributed by atoms with E-state index in [-0.39, 0.29) is 5.92 Å². The fourth-order valence-corrected chi connectivity index (χ4v) is 1.96. The van der Waals surface area contributed by atoms with E-state index in [1.165, 1.54) is 0 Å². The zero-order valence-electron chi connectivity index (χ0n) is 9.68. The number of aliphatic hydroxyl groups is 2. The minimum Gasteiger partial charge on any atom is -0.496 e. The molecule has 0 bridgehead atoms. The van der Waals surface area contributed by atoms with Gasteiger partial charge >= 0.3 is 0 Å². The summed E-state index contributed by atoms with van der Waals surface area (Å²) in [6, 6.07) is 5.63. The Morgan fingerprint density at radius 1 is 1.31 bits per heavy atom. The lowest BCUT2D eigenvalue weighted by molar-refractivity contribution is 0.00359. The lowest BCUT2D eigenvalue weighted by Crippen LogP contribution is -2.20. The van der Waals surface area contributed by atoms with E-state index in [4.69, 9.17) is 4.74 Å². The van der Waals surface area contributed by atoms with Crippen molar-refractivity contribution in [3.63, 3.8) is 0 Å². The maximum atomic E-state index is 10.1. The molecule has 2 unspecified atom stereocenters. The number of aryl methyl sites for hydroxylation is 1. The Morgan fingerprint density at radius 2 is 2.00 bits per heavy atom. The molecule has 0 radical (unpaired) electrons. The molecule has 0 heterocycles. The van der Waals surface area contributed by atoms with Crippen LogP contribution in [0.5, 0.6) is 5.75 Å². The summed E-state index contributed by atoms with van der Waals surface area (Å²) in [4.78, 5) is 0. The minimum atomic E-state index is -0.845. The summed E-state index contributed by atoms with van der Waals surface area (Å²) in [5.41, 5.74) is 1.74. The number of rotatable bonds is 4. The average molecular weight is 222 g/mol. The smallest absolute Gasteiger partial charge is 0.124 e. The SMILES string of the molecule is COc1ccc(C)cc1C(O)C(O)C1CC1. The largest absolute Gasteiger partial charge is 0.496 e. The summed E-state index contributed by atoms with van der Waals surface area (Å²) < 4.78 is 5.20. The van der Waals surface area contributed by atoms with E-state index >= 15 is 0 Å². The summed E-state index contributed by atoms with van der Waals surface area (Å²) in [6.45, 7) is 1.96. The van der Waals surface area contributed by atoms with Gasteiger partial charge in [0, 0.05) is 5.56 Å². The van der Waals surface area contributed by atoms with Crippen LogP contribution in [0.15, 0.2) is 18.2 Å². The van der Waals surface area contributed by atoms with Crippen molar-refractivity contribution in [2.24, 2.45) is 5.92 Å². The minimum absolute atomic E-state index is 0.250. The summed E-state index contributed by atoms with van der Waals surface area (Å²) in [5, 5.41) is 20.0. The van der Waals surface area contributed by atoms with Crippen LogP contribution in [0.3, 0.4) is 0 Å². The first-order valence-electron chi connectivity index (χ1n) is 5.64. The molecule has 1 aromatic carbocycles. The van der Waals surface area contributed by atoms with Crippen LogP contribution in [0.2, 0.25) is 0 Å². The molecule has 1 aromatic rings. The van der Waals surface area contributed by atoms with E-state index in [2.05, 4.69) is 0 Å². The van der Waals surface area contributed by atoms with Crippen molar-refractivity contribution < 1.29 is 14.9 Å². The average Bonchev–Trinajstić information content (AvgIpc) is 3.11. The molecule has 1 aliphatic carbocycles. The maximum Gasteiger partial charge on any atom is 0.124 e. The van der Waals surface area contributed by atoms with Crippen LogP contribution in [-0.4, -0.2) is 23.4 Å².